The number of thioether (sulfide) groups is 1. The largest absolute Gasteiger partial charge is 0.493 e. The van der Waals surface area contributed by atoms with Crippen LogP contribution in [0.15, 0.2) is 23.1 Å². The number of thiocarbonyl (C=S) groups is 1. The molecule has 0 saturated carbocycles. The Hall–Kier alpha value is -2.06. The summed E-state index contributed by atoms with van der Waals surface area (Å²) in [6, 6.07) is 5.38. The van der Waals surface area contributed by atoms with Crippen LogP contribution in [0.3, 0.4) is 0 Å². The second-order valence-corrected chi connectivity index (χ2v) is 7.78. The molecule has 140 valence electrons. The van der Waals surface area contributed by atoms with Crippen LogP contribution in [0, 0.1) is 5.92 Å². The molecule has 1 N–H and O–H groups in total. The van der Waals surface area contributed by atoms with Gasteiger partial charge < -0.3 is 14.6 Å². The number of carbonyl (C=O) groups is 2. The first-order valence-corrected chi connectivity index (χ1v) is 9.32. The molecule has 1 aliphatic heterocycles. The van der Waals surface area contributed by atoms with Crippen LogP contribution in [-0.2, 0) is 9.59 Å². The number of hydrogen-bond donors (Lipinski definition) is 1. The number of carboxylic acids is 1. The molecule has 0 spiro atoms. The monoisotopic (exact) mass is 395 g/mol. The number of amides is 1. The molecule has 1 aromatic carbocycles. The van der Waals surface area contributed by atoms with Crippen molar-refractivity contribution in [3.8, 4) is 11.5 Å². The topological polar surface area (TPSA) is 76.1 Å². The predicted molar refractivity (Wildman–Crippen MR) is 105 cm³/mol. The van der Waals surface area contributed by atoms with E-state index in [1.165, 1.54) is 0 Å². The van der Waals surface area contributed by atoms with Gasteiger partial charge in [0.15, 0.2) is 11.5 Å². The van der Waals surface area contributed by atoms with Crippen molar-refractivity contribution in [3.05, 3.63) is 28.7 Å². The summed E-state index contributed by atoms with van der Waals surface area (Å²) in [5.74, 6) is 0.256. The SMILES string of the molecule is COc1cc(/C=C2\SC(=S)N(CC(=O)O)C2=O)ccc1OCCC(C)C. The predicted octanol–water partition coefficient (Wildman–Crippen LogP) is 3.41. The molecular weight excluding hydrogens is 374 g/mol. The number of nitrogens with zero attached hydrogens (tertiary/aromatic N) is 1. The van der Waals surface area contributed by atoms with Crippen LogP contribution in [0.1, 0.15) is 25.8 Å². The highest BCUT2D eigenvalue weighted by Gasteiger charge is 2.33. The maximum atomic E-state index is 12.3. The quantitative estimate of drug-likeness (QED) is 0.534. The van der Waals surface area contributed by atoms with Crippen molar-refractivity contribution < 1.29 is 24.2 Å². The van der Waals surface area contributed by atoms with Crippen molar-refractivity contribution in [1.29, 1.82) is 0 Å². The van der Waals surface area contributed by atoms with Crippen molar-refractivity contribution in [2.75, 3.05) is 20.3 Å². The first-order chi connectivity index (χ1) is 12.3. The number of methoxy groups -OCH3 is 1. The zero-order valence-corrected chi connectivity index (χ0v) is 16.5. The first kappa shape index (κ1) is 20.3. The van der Waals surface area contributed by atoms with E-state index in [0.717, 1.165) is 28.6 Å². The second kappa shape index (κ2) is 9.05. The fourth-order valence-electron chi connectivity index (χ4n) is 2.22. The smallest absolute Gasteiger partial charge is 0.323 e. The Morgan fingerprint density at radius 3 is 2.73 bits per heavy atom. The summed E-state index contributed by atoms with van der Waals surface area (Å²) in [4.78, 5) is 24.6. The lowest BCUT2D eigenvalue weighted by Gasteiger charge is -2.12. The number of aliphatic carboxylic acids is 1. The molecule has 1 aliphatic rings. The average Bonchev–Trinajstić information content (AvgIpc) is 2.82. The molecule has 0 aromatic heterocycles. The van der Waals surface area contributed by atoms with Crippen LogP contribution >= 0.6 is 24.0 Å². The van der Waals surface area contributed by atoms with Crippen LogP contribution in [0.5, 0.6) is 11.5 Å². The average molecular weight is 396 g/mol. The third-order valence-corrected chi connectivity index (χ3v) is 4.98. The molecule has 1 fully saturated rings. The van der Waals surface area contributed by atoms with Gasteiger partial charge in [0.1, 0.15) is 10.9 Å². The molecule has 0 bridgehead atoms. The lowest BCUT2D eigenvalue weighted by atomic mass is 10.1. The van der Waals surface area contributed by atoms with E-state index in [-0.39, 0.29) is 4.32 Å². The van der Waals surface area contributed by atoms with Crippen LogP contribution in [0.4, 0.5) is 0 Å². The summed E-state index contributed by atoms with van der Waals surface area (Å²) in [5, 5.41) is 8.88. The van der Waals surface area contributed by atoms with Crippen LogP contribution in [-0.4, -0.2) is 46.5 Å². The van der Waals surface area contributed by atoms with Crippen molar-refractivity contribution in [3.63, 3.8) is 0 Å². The van der Waals surface area contributed by atoms with Crippen molar-refractivity contribution in [2.45, 2.75) is 20.3 Å². The Kier molecular flexibility index (Phi) is 7.05. The van der Waals surface area contributed by atoms with E-state index < -0.39 is 18.4 Å². The van der Waals surface area contributed by atoms with E-state index >= 15 is 0 Å². The maximum Gasteiger partial charge on any atom is 0.323 e. The molecule has 1 heterocycles. The number of carbonyl (C=O) groups excluding carboxylic acids is 1. The zero-order chi connectivity index (χ0) is 19.3. The molecule has 1 amide bonds. The van der Waals surface area contributed by atoms with Gasteiger partial charge in [-0.2, -0.15) is 0 Å². The van der Waals surface area contributed by atoms with Gasteiger partial charge in [0.2, 0.25) is 0 Å². The molecule has 0 aliphatic carbocycles. The van der Waals surface area contributed by atoms with Gasteiger partial charge in [-0.1, -0.05) is 43.9 Å². The number of benzene rings is 1. The normalized spacial score (nSPS) is 15.8. The third kappa shape index (κ3) is 5.22. The Labute approximate surface area is 162 Å². The second-order valence-electron chi connectivity index (χ2n) is 6.10. The van der Waals surface area contributed by atoms with Gasteiger partial charge in [-0.15, -0.1) is 0 Å². The van der Waals surface area contributed by atoms with E-state index in [1.807, 2.05) is 6.07 Å². The summed E-state index contributed by atoms with van der Waals surface area (Å²) in [7, 11) is 1.56. The Balaban J connectivity index is 2.16. The van der Waals surface area contributed by atoms with Crippen molar-refractivity contribution in [2.24, 2.45) is 5.92 Å². The summed E-state index contributed by atoms with van der Waals surface area (Å²) >= 11 is 6.17. The Morgan fingerprint density at radius 2 is 2.12 bits per heavy atom. The number of ether oxygens (including phenoxy) is 2. The molecule has 0 radical (unpaired) electrons. The minimum atomic E-state index is -1.10. The lowest BCUT2D eigenvalue weighted by molar-refractivity contribution is -0.140. The van der Waals surface area contributed by atoms with Gasteiger partial charge in [-0.05, 0) is 36.1 Å². The molecule has 1 aromatic rings. The van der Waals surface area contributed by atoms with E-state index in [1.54, 1.807) is 25.3 Å². The Bertz CT molecular complexity index is 745. The highest BCUT2D eigenvalue weighted by molar-refractivity contribution is 8.26. The maximum absolute atomic E-state index is 12.3. The van der Waals surface area contributed by atoms with Crippen LogP contribution in [0.2, 0.25) is 0 Å². The van der Waals surface area contributed by atoms with Gasteiger partial charge in [0.25, 0.3) is 5.91 Å². The molecule has 2 rings (SSSR count). The first-order valence-electron chi connectivity index (χ1n) is 8.09. The Morgan fingerprint density at radius 1 is 1.38 bits per heavy atom. The number of carboxylic acid groups (broad SMARTS) is 1. The number of rotatable bonds is 8. The minimum absolute atomic E-state index is 0.240. The molecule has 0 atom stereocenters. The summed E-state index contributed by atoms with van der Waals surface area (Å²) in [5.41, 5.74) is 0.744. The fraction of sp³-hybridized carbons (Fsp3) is 0.389. The summed E-state index contributed by atoms with van der Waals surface area (Å²) in [6.07, 6.45) is 2.61. The third-order valence-electron chi connectivity index (χ3n) is 3.61. The highest BCUT2D eigenvalue weighted by Crippen LogP contribution is 2.34. The molecule has 26 heavy (non-hydrogen) atoms. The van der Waals surface area contributed by atoms with E-state index in [2.05, 4.69) is 13.8 Å². The molecule has 1 saturated heterocycles. The molecular formula is C18H21NO5S2. The number of hydrogen-bond acceptors (Lipinski definition) is 6. The van der Waals surface area contributed by atoms with E-state index in [0.29, 0.717) is 28.9 Å². The lowest BCUT2D eigenvalue weighted by Crippen LogP contribution is -2.33. The van der Waals surface area contributed by atoms with Crippen molar-refractivity contribution >= 4 is 46.3 Å². The fourth-order valence-corrected chi connectivity index (χ4v) is 3.48. The van der Waals surface area contributed by atoms with Gasteiger partial charge in [-0.25, -0.2) is 0 Å². The molecule has 8 heteroatoms. The van der Waals surface area contributed by atoms with Crippen molar-refractivity contribution in [1.82, 2.24) is 4.90 Å². The van der Waals surface area contributed by atoms with Crippen LogP contribution in [0.25, 0.3) is 6.08 Å². The van der Waals surface area contributed by atoms with Gasteiger partial charge in [0, 0.05) is 0 Å². The van der Waals surface area contributed by atoms with Gasteiger partial charge >= 0.3 is 5.97 Å². The minimum Gasteiger partial charge on any atom is -0.493 e. The molecule has 6 nitrogen and oxygen atoms in total. The van der Waals surface area contributed by atoms with E-state index in [4.69, 9.17) is 26.8 Å². The summed E-state index contributed by atoms with van der Waals surface area (Å²) < 4.78 is 11.4. The van der Waals surface area contributed by atoms with Gasteiger partial charge in [-0.3, -0.25) is 14.5 Å². The zero-order valence-electron chi connectivity index (χ0n) is 14.9. The van der Waals surface area contributed by atoms with Gasteiger partial charge in [0.05, 0.1) is 18.6 Å². The highest BCUT2D eigenvalue weighted by atomic mass is 32.2. The standard InChI is InChI=1S/C18H21NO5S2/c1-11(2)6-7-24-13-5-4-12(8-14(13)23-3)9-15-17(22)19(10-16(20)21)18(25)26-15/h4-5,8-9,11H,6-7,10H2,1-3H3,(H,20,21)/b15-9-. The molecule has 0 unspecified atom stereocenters. The van der Waals surface area contributed by atoms with Crippen LogP contribution < -0.4 is 9.47 Å². The summed E-state index contributed by atoms with van der Waals surface area (Å²) in [6.45, 7) is 4.42. The van der Waals surface area contributed by atoms with E-state index in [9.17, 15) is 9.59 Å².